The molecule has 0 aromatic heterocycles. The molecule has 1 aliphatic carbocycles. The molecule has 1 heterocycles. The van der Waals surface area contributed by atoms with E-state index in [1.807, 2.05) is 0 Å². The molecule has 2 nitrogen and oxygen atoms in total. The highest BCUT2D eigenvalue weighted by atomic mass is 16.1. The van der Waals surface area contributed by atoms with Crippen molar-refractivity contribution in [3.05, 3.63) is 0 Å². The monoisotopic (exact) mass is 139 g/mol. The lowest BCUT2D eigenvalue weighted by molar-refractivity contribution is -0.124. The van der Waals surface area contributed by atoms with Crippen LogP contribution < -0.4 is 5.32 Å². The van der Waals surface area contributed by atoms with Gasteiger partial charge in [-0.2, -0.15) is 0 Å². The van der Waals surface area contributed by atoms with Crippen LogP contribution in [0.3, 0.4) is 0 Å². The Kier molecular flexibility index (Phi) is 1.40. The molecule has 1 amide bonds. The Balaban J connectivity index is 2.03. The van der Waals surface area contributed by atoms with Gasteiger partial charge in [0, 0.05) is 12.5 Å². The first kappa shape index (κ1) is 6.20. The molecule has 0 aromatic rings. The predicted molar refractivity (Wildman–Crippen MR) is 38.5 cm³/mol. The summed E-state index contributed by atoms with van der Waals surface area (Å²) in [5.41, 5.74) is 0. The van der Waals surface area contributed by atoms with Crippen LogP contribution >= 0.6 is 0 Å². The van der Waals surface area contributed by atoms with Crippen LogP contribution in [0.25, 0.3) is 0 Å². The summed E-state index contributed by atoms with van der Waals surface area (Å²) in [4.78, 5) is 10.9. The lowest BCUT2D eigenvalue weighted by Gasteiger charge is -2.25. The molecule has 0 aromatic carbocycles. The van der Waals surface area contributed by atoms with Gasteiger partial charge in [-0.25, -0.2) is 0 Å². The fourth-order valence-electron chi connectivity index (χ4n) is 2.17. The van der Waals surface area contributed by atoms with Crippen LogP contribution in [0.15, 0.2) is 0 Å². The third kappa shape index (κ3) is 0.917. The first-order valence-corrected chi connectivity index (χ1v) is 4.15. The van der Waals surface area contributed by atoms with E-state index in [1.54, 1.807) is 0 Å². The van der Waals surface area contributed by atoms with Gasteiger partial charge in [-0.05, 0) is 25.2 Å². The van der Waals surface area contributed by atoms with Crippen molar-refractivity contribution < 1.29 is 4.79 Å². The second kappa shape index (κ2) is 2.26. The molecule has 1 aliphatic heterocycles. The first-order chi connectivity index (χ1) is 4.86. The van der Waals surface area contributed by atoms with Gasteiger partial charge in [0.1, 0.15) is 0 Å². The minimum atomic E-state index is 0.267. The number of rotatable bonds is 0. The molecule has 0 radical (unpaired) electrons. The van der Waals surface area contributed by atoms with E-state index in [0.717, 1.165) is 18.8 Å². The molecular weight excluding hydrogens is 126 g/mol. The number of hydrogen-bond acceptors (Lipinski definition) is 1. The second-order valence-electron chi connectivity index (χ2n) is 3.40. The molecule has 2 fully saturated rings. The van der Waals surface area contributed by atoms with Crippen molar-refractivity contribution in [1.82, 2.24) is 5.32 Å². The van der Waals surface area contributed by atoms with Crippen LogP contribution in [0.2, 0.25) is 0 Å². The van der Waals surface area contributed by atoms with Crippen molar-refractivity contribution in [3.8, 4) is 0 Å². The summed E-state index contributed by atoms with van der Waals surface area (Å²) in [6.07, 6.45) is 5.77. The van der Waals surface area contributed by atoms with E-state index in [2.05, 4.69) is 5.32 Å². The summed E-state index contributed by atoms with van der Waals surface area (Å²) in [7, 11) is 0. The molecule has 10 heavy (non-hydrogen) atoms. The quantitative estimate of drug-likeness (QED) is 0.534. The normalized spacial score (nSPS) is 39.0. The van der Waals surface area contributed by atoms with E-state index in [9.17, 15) is 4.79 Å². The molecule has 0 unspecified atom stereocenters. The number of nitrogens with one attached hydrogen (secondary N) is 1. The summed E-state index contributed by atoms with van der Waals surface area (Å²) < 4.78 is 0. The maximum Gasteiger partial charge on any atom is 0.220 e. The second-order valence-corrected chi connectivity index (χ2v) is 3.40. The largest absolute Gasteiger partial charge is 0.353 e. The summed E-state index contributed by atoms with van der Waals surface area (Å²) in [5, 5.41) is 3.04. The van der Waals surface area contributed by atoms with Crippen molar-refractivity contribution in [3.63, 3.8) is 0 Å². The number of carbonyl (C=O) groups excluding carboxylic acids is 1. The van der Waals surface area contributed by atoms with Gasteiger partial charge >= 0.3 is 0 Å². The van der Waals surface area contributed by atoms with Crippen molar-refractivity contribution >= 4 is 5.91 Å². The number of hydrogen-bond donors (Lipinski definition) is 1. The summed E-state index contributed by atoms with van der Waals surface area (Å²) in [6.45, 7) is 0. The average molecular weight is 139 g/mol. The molecule has 2 aliphatic rings. The molecule has 0 spiro atoms. The summed E-state index contributed by atoms with van der Waals surface area (Å²) in [6, 6.07) is 0.543. The van der Waals surface area contributed by atoms with Crippen LogP contribution in [-0.2, 0) is 4.79 Å². The lowest BCUT2D eigenvalue weighted by atomic mass is 9.94. The third-order valence-corrected chi connectivity index (χ3v) is 2.75. The molecule has 56 valence electrons. The van der Waals surface area contributed by atoms with Crippen LogP contribution in [0.4, 0.5) is 0 Å². The zero-order valence-electron chi connectivity index (χ0n) is 6.10. The zero-order chi connectivity index (χ0) is 6.97. The molecule has 1 saturated heterocycles. The van der Waals surface area contributed by atoms with Gasteiger partial charge in [-0.1, -0.05) is 6.42 Å². The third-order valence-electron chi connectivity index (χ3n) is 2.75. The fraction of sp³-hybridized carbons (Fsp3) is 0.875. The van der Waals surface area contributed by atoms with Gasteiger partial charge in [-0.3, -0.25) is 4.79 Å². The number of amides is 1. The van der Waals surface area contributed by atoms with Crippen molar-refractivity contribution in [1.29, 1.82) is 0 Å². The van der Waals surface area contributed by atoms with E-state index in [-0.39, 0.29) is 5.91 Å². The maximum absolute atomic E-state index is 10.9. The topological polar surface area (TPSA) is 29.1 Å². The molecule has 2 atom stereocenters. The zero-order valence-corrected chi connectivity index (χ0v) is 6.10. The van der Waals surface area contributed by atoms with E-state index in [1.165, 1.54) is 19.3 Å². The number of piperidine rings is 1. The molecule has 1 saturated carbocycles. The highest BCUT2D eigenvalue weighted by Crippen LogP contribution is 2.31. The van der Waals surface area contributed by atoms with Crippen molar-refractivity contribution in [2.45, 2.75) is 38.1 Å². The Bertz CT molecular complexity index is 155. The average Bonchev–Trinajstić information content (AvgIpc) is 2.33. The Labute approximate surface area is 61.0 Å². The smallest absolute Gasteiger partial charge is 0.220 e. The minimum absolute atomic E-state index is 0.267. The molecule has 0 bridgehead atoms. The highest BCUT2D eigenvalue weighted by molar-refractivity contribution is 5.77. The van der Waals surface area contributed by atoms with E-state index < -0.39 is 0 Å². The van der Waals surface area contributed by atoms with Crippen LogP contribution in [0, 0.1) is 5.92 Å². The molecular formula is C8H13NO. The van der Waals surface area contributed by atoms with Gasteiger partial charge in [-0.15, -0.1) is 0 Å². The first-order valence-electron chi connectivity index (χ1n) is 4.15. The predicted octanol–water partition coefficient (Wildman–Crippen LogP) is 1.07. The van der Waals surface area contributed by atoms with Crippen molar-refractivity contribution in [2.75, 3.05) is 0 Å². The Morgan fingerprint density at radius 1 is 1.30 bits per heavy atom. The van der Waals surface area contributed by atoms with E-state index in [0.29, 0.717) is 6.04 Å². The van der Waals surface area contributed by atoms with Crippen LogP contribution in [0.1, 0.15) is 32.1 Å². The van der Waals surface area contributed by atoms with Gasteiger partial charge in [0.2, 0.25) is 5.91 Å². The fourth-order valence-corrected chi connectivity index (χ4v) is 2.17. The van der Waals surface area contributed by atoms with Crippen molar-refractivity contribution in [2.24, 2.45) is 5.92 Å². The van der Waals surface area contributed by atoms with Crippen LogP contribution in [-0.4, -0.2) is 11.9 Å². The Morgan fingerprint density at radius 2 is 2.20 bits per heavy atom. The SMILES string of the molecule is O=C1CC[C@@H]2CCC[C@H]2N1. The summed E-state index contributed by atoms with van der Waals surface area (Å²) >= 11 is 0. The van der Waals surface area contributed by atoms with E-state index >= 15 is 0 Å². The minimum Gasteiger partial charge on any atom is -0.353 e. The molecule has 1 N–H and O–H groups in total. The van der Waals surface area contributed by atoms with E-state index in [4.69, 9.17) is 0 Å². The maximum atomic E-state index is 10.9. The lowest BCUT2D eigenvalue weighted by Crippen LogP contribution is -2.41. The number of carbonyl (C=O) groups is 1. The number of fused-ring (bicyclic) bond motifs is 1. The highest BCUT2D eigenvalue weighted by Gasteiger charge is 2.31. The summed E-state index contributed by atoms with van der Waals surface area (Å²) in [5.74, 6) is 1.08. The standard InChI is InChI=1S/C8H13NO/c10-8-5-4-6-2-1-3-7(6)9-8/h6-7H,1-5H2,(H,9,10)/t6-,7+/m0/s1. The molecule has 2 rings (SSSR count). The Morgan fingerprint density at radius 3 is 3.10 bits per heavy atom. The molecule has 2 heteroatoms. The van der Waals surface area contributed by atoms with Gasteiger partial charge in [0.15, 0.2) is 0 Å². The Hall–Kier alpha value is -0.530. The van der Waals surface area contributed by atoms with Crippen LogP contribution in [0.5, 0.6) is 0 Å². The van der Waals surface area contributed by atoms with Gasteiger partial charge in [0.25, 0.3) is 0 Å². The van der Waals surface area contributed by atoms with Gasteiger partial charge < -0.3 is 5.32 Å². The van der Waals surface area contributed by atoms with Gasteiger partial charge in [0.05, 0.1) is 0 Å².